The van der Waals surface area contributed by atoms with Crippen LogP contribution >= 0.6 is 0 Å². The molecule has 0 fully saturated rings. The van der Waals surface area contributed by atoms with Crippen LogP contribution in [0.5, 0.6) is 0 Å². The molecular formula is C6H9IrO3. The number of carbonyl (C=O) groups is 2. The number of hydrogen-bond donors (Lipinski definition) is 0. The van der Waals surface area contributed by atoms with Crippen LogP contribution in [0.3, 0.4) is 0 Å². The normalized spacial score (nSPS) is 10.9. The molecule has 0 aromatic heterocycles. The summed E-state index contributed by atoms with van der Waals surface area (Å²) in [5.41, 5.74) is -0.592. The quantitative estimate of drug-likeness (QED) is 0.498. The van der Waals surface area contributed by atoms with Gasteiger partial charge in [-0.15, -0.1) is 0 Å². The summed E-state index contributed by atoms with van der Waals surface area (Å²) < 4.78 is 3.78. The molecule has 0 rings (SSSR count). The third-order valence-electron chi connectivity index (χ3n) is 0.781. The van der Waals surface area contributed by atoms with Crippen molar-refractivity contribution in [1.82, 2.24) is 0 Å². The second-order valence-electron chi connectivity index (χ2n) is 2.86. The summed E-state index contributed by atoms with van der Waals surface area (Å²) in [7, 11) is 0. The molecular weight excluding hydrogens is 312 g/mol. The Balaban J connectivity index is 3.99. The molecule has 0 aromatic carbocycles. The summed E-state index contributed by atoms with van der Waals surface area (Å²) in [6.07, 6.45) is 0. The van der Waals surface area contributed by atoms with Crippen molar-refractivity contribution in [2.45, 2.75) is 20.8 Å². The average molecular weight is 321 g/mol. The maximum atomic E-state index is 10.8. The number of carbonyl (C=O) groups excluding carboxylic acids is 2. The van der Waals surface area contributed by atoms with E-state index in [1.54, 1.807) is 20.8 Å². The van der Waals surface area contributed by atoms with E-state index in [9.17, 15) is 9.59 Å². The maximum absolute atomic E-state index is 10.8. The zero-order valence-corrected chi connectivity index (χ0v) is 8.45. The van der Waals surface area contributed by atoms with E-state index >= 15 is 0 Å². The first-order valence-electron chi connectivity index (χ1n) is 2.73. The van der Waals surface area contributed by atoms with E-state index in [0.29, 0.717) is 0 Å². The van der Waals surface area contributed by atoms with Gasteiger partial charge >= 0.3 is 69.9 Å². The van der Waals surface area contributed by atoms with Gasteiger partial charge in [-0.1, -0.05) is 0 Å². The molecule has 0 heterocycles. The molecule has 0 saturated heterocycles. The first-order valence-corrected chi connectivity index (χ1v) is 3.93. The summed E-state index contributed by atoms with van der Waals surface area (Å²) in [5.74, 6) is -0.486. The molecule has 4 heteroatoms. The molecule has 0 aliphatic heterocycles. The van der Waals surface area contributed by atoms with E-state index in [-0.39, 0.29) is 0 Å². The molecule has 0 unspecified atom stereocenters. The van der Waals surface area contributed by atoms with E-state index in [1.165, 1.54) is 18.9 Å². The van der Waals surface area contributed by atoms with Crippen molar-refractivity contribution < 1.29 is 33.2 Å². The van der Waals surface area contributed by atoms with Crippen LogP contribution in [0.2, 0.25) is 0 Å². The molecule has 0 radical (unpaired) electrons. The predicted molar refractivity (Wildman–Crippen MR) is 30.9 cm³/mol. The fraction of sp³-hybridized carbons (Fsp3) is 0.667. The van der Waals surface area contributed by atoms with Crippen LogP contribution in [-0.4, -0.2) is 10.5 Å². The molecule has 0 bridgehead atoms. The molecule has 0 amide bonds. The Kier molecular flexibility index (Phi) is 3.19. The standard InChI is InChI=1S/C6H9O3.Ir/c1-6(2,3)5(8)9-4-7;/h1-3H3;. The summed E-state index contributed by atoms with van der Waals surface area (Å²) in [4.78, 5) is 21.1. The van der Waals surface area contributed by atoms with Gasteiger partial charge in [-0.25, -0.2) is 0 Å². The number of ether oxygens (including phenoxy) is 1. The Morgan fingerprint density at radius 2 is 1.70 bits per heavy atom. The molecule has 0 saturated carbocycles. The van der Waals surface area contributed by atoms with E-state index in [4.69, 9.17) is 0 Å². The fourth-order valence-electron chi connectivity index (χ4n) is 0.222. The van der Waals surface area contributed by atoms with Crippen LogP contribution in [0.15, 0.2) is 0 Å². The van der Waals surface area contributed by atoms with Crippen molar-refractivity contribution in [2.24, 2.45) is 5.41 Å². The topological polar surface area (TPSA) is 43.4 Å². The van der Waals surface area contributed by atoms with Gasteiger partial charge in [0, 0.05) is 0 Å². The molecule has 10 heavy (non-hydrogen) atoms. The van der Waals surface area contributed by atoms with Crippen molar-refractivity contribution in [3.8, 4) is 0 Å². The molecule has 0 N–H and O–H groups in total. The van der Waals surface area contributed by atoms with Crippen LogP contribution in [0.4, 0.5) is 4.79 Å². The SMILES string of the molecule is CC(C)(C)C(=O)O[C](=O)[Ir]. The minimum atomic E-state index is -0.592. The molecule has 0 atom stereocenters. The zero-order valence-electron chi connectivity index (χ0n) is 6.06. The van der Waals surface area contributed by atoms with Crippen molar-refractivity contribution in [1.29, 1.82) is 0 Å². The third-order valence-corrected chi connectivity index (χ3v) is 1.03. The third kappa shape index (κ3) is 3.75. The second kappa shape index (κ2) is 3.26. The van der Waals surface area contributed by atoms with Gasteiger partial charge in [0.1, 0.15) is 0 Å². The predicted octanol–water partition coefficient (Wildman–Crippen LogP) is 1.24. The van der Waals surface area contributed by atoms with E-state index < -0.39 is 15.9 Å². The number of hydrogen-bond acceptors (Lipinski definition) is 3. The summed E-state index contributed by atoms with van der Waals surface area (Å²) in [6.45, 7) is 5.08. The van der Waals surface area contributed by atoms with Crippen molar-refractivity contribution in [3.05, 3.63) is 0 Å². The molecule has 0 spiro atoms. The minimum absolute atomic E-state index is 0.486. The van der Waals surface area contributed by atoms with Gasteiger partial charge in [-0.2, -0.15) is 0 Å². The summed E-state index contributed by atoms with van der Waals surface area (Å²) in [5, 5.41) is 0. The van der Waals surface area contributed by atoms with Gasteiger partial charge in [0.2, 0.25) is 0 Å². The van der Waals surface area contributed by atoms with Crippen molar-refractivity contribution in [2.75, 3.05) is 0 Å². The zero-order chi connectivity index (χ0) is 8.36. The van der Waals surface area contributed by atoms with Crippen LogP contribution in [0.25, 0.3) is 0 Å². The van der Waals surface area contributed by atoms with E-state index in [1.807, 2.05) is 0 Å². The van der Waals surface area contributed by atoms with Gasteiger partial charge in [-0.05, 0) is 0 Å². The van der Waals surface area contributed by atoms with Crippen LogP contribution in [0, 0.1) is 5.41 Å². The van der Waals surface area contributed by atoms with Gasteiger partial charge in [0.05, 0.1) is 0 Å². The molecule has 3 nitrogen and oxygen atoms in total. The van der Waals surface area contributed by atoms with Gasteiger partial charge in [0.25, 0.3) is 0 Å². The van der Waals surface area contributed by atoms with Gasteiger partial charge in [0.15, 0.2) is 0 Å². The summed E-state index contributed by atoms with van der Waals surface area (Å²) in [6, 6.07) is 0. The first-order chi connectivity index (χ1) is 4.34. The van der Waals surface area contributed by atoms with Crippen LogP contribution < -0.4 is 0 Å². The Bertz CT molecular complexity index is 157. The Labute approximate surface area is 70.3 Å². The van der Waals surface area contributed by atoms with Gasteiger partial charge < -0.3 is 0 Å². The van der Waals surface area contributed by atoms with Gasteiger partial charge in [-0.3, -0.25) is 0 Å². The monoisotopic (exact) mass is 322 g/mol. The van der Waals surface area contributed by atoms with Crippen LogP contribution in [0.1, 0.15) is 20.8 Å². The Morgan fingerprint density at radius 1 is 1.30 bits per heavy atom. The first kappa shape index (κ1) is 9.79. The number of esters is 1. The second-order valence-corrected chi connectivity index (χ2v) is 3.84. The molecule has 0 aromatic rings. The Hall–Kier alpha value is -0.211. The van der Waals surface area contributed by atoms with Crippen molar-refractivity contribution in [3.63, 3.8) is 0 Å². The average Bonchev–Trinajstić information content (AvgIpc) is 1.60. The van der Waals surface area contributed by atoms with Crippen LogP contribution in [-0.2, 0) is 28.4 Å². The van der Waals surface area contributed by atoms with Crippen molar-refractivity contribution >= 4 is 10.5 Å². The number of rotatable bonds is 0. The fourth-order valence-corrected chi connectivity index (χ4v) is 0.444. The molecule has 60 valence electrons. The summed E-state index contributed by atoms with van der Waals surface area (Å²) >= 11 is 1.21. The molecule has 0 aliphatic rings. The Morgan fingerprint density at radius 3 is 1.80 bits per heavy atom. The molecule has 0 aliphatic carbocycles. The van der Waals surface area contributed by atoms with E-state index in [2.05, 4.69) is 4.74 Å². The van der Waals surface area contributed by atoms with E-state index in [0.717, 1.165) is 0 Å².